The maximum Gasteiger partial charge on any atom is 0.293 e. The number of nitrogens with one attached hydrogen (secondary N) is 2. The molecular weight excluding hydrogens is 290 g/mol. The van der Waals surface area contributed by atoms with E-state index in [2.05, 4.69) is 16.7 Å². The van der Waals surface area contributed by atoms with Crippen LogP contribution in [-0.2, 0) is 13.0 Å². The van der Waals surface area contributed by atoms with E-state index in [0.29, 0.717) is 17.3 Å². The number of rotatable bonds is 4. The minimum Gasteiger partial charge on any atom is -0.384 e. The molecule has 5 nitrogen and oxygen atoms in total. The Labute approximate surface area is 127 Å². The number of nitro groups is 1. The molecule has 1 aliphatic rings. The Balaban J connectivity index is 1.83. The van der Waals surface area contributed by atoms with Crippen molar-refractivity contribution in [1.29, 1.82) is 0 Å². The van der Waals surface area contributed by atoms with Crippen LogP contribution in [0.3, 0.4) is 0 Å². The molecule has 0 unspecified atom stereocenters. The van der Waals surface area contributed by atoms with Gasteiger partial charge < -0.3 is 10.6 Å². The molecule has 0 saturated heterocycles. The van der Waals surface area contributed by atoms with Crippen molar-refractivity contribution in [2.45, 2.75) is 13.0 Å². The fourth-order valence-electron chi connectivity index (χ4n) is 2.55. The third kappa shape index (κ3) is 2.78. The molecule has 0 spiro atoms. The second-order valence-electron chi connectivity index (χ2n) is 4.90. The van der Waals surface area contributed by atoms with Crippen LogP contribution in [0.15, 0.2) is 36.4 Å². The molecule has 0 fully saturated rings. The van der Waals surface area contributed by atoms with Crippen molar-refractivity contribution in [3.05, 3.63) is 62.7 Å². The number of benzene rings is 2. The summed E-state index contributed by atoms with van der Waals surface area (Å²) in [6.45, 7) is 1.46. The number of fused-ring (bicyclic) bond motifs is 1. The largest absolute Gasteiger partial charge is 0.384 e. The first-order chi connectivity index (χ1) is 10.1. The monoisotopic (exact) mass is 303 g/mol. The van der Waals surface area contributed by atoms with Crippen molar-refractivity contribution in [2.24, 2.45) is 0 Å². The second kappa shape index (κ2) is 5.61. The third-order valence-corrected chi connectivity index (χ3v) is 3.79. The Bertz CT molecular complexity index is 703. The number of halogens is 1. The smallest absolute Gasteiger partial charge is 0.293 e. The number of anilines is 2. The first-order valence-electron chi connectivity index (χ1n) is 6.67. The maximum atomic E-state index is 11.1. The lowest BCUT2D eigenvalue weighted by molar-refractivity contribution is -0.383. The highest BCUT2D eigenvalue weighted by molar-refractivity contribution is 6.30. The Morgan fingerprint density at radius 1 is 1.33 bits per heavy atom. The van der Waals surface area contributed by atoms with Crippen LogP contribution in [0.4, 0.5) is 17.1 Å². The summed E-state index contributed by atoms with van der Waals surface area (Å²) in [5.74, 6) is 0. The summed E-state index contributed by atoms with van der Waals surface area (Å²) in [6, 6.07) is 10.8. The van der Waals surface area contributed by atoms with Crippen molar-refractivity contribution in [2.75, 3.05) is 17.2 Å². The summed E-state index contributed by atoms with van der Waals surface area (Å²) in [5.41, 5.74) is 4.00. The van der Waals surface area contributed by atoms with E-state index in [1.807, 2.05) is 12.1 Å². The SMILES string of the molecule is O=[N+]([O-])c1cc(Cl)ccc1NCc1cccc2c1NCC2. The van der Waals surface area contributed by atoms with Crippen LogP contribution in [0.5, 0.6) is 0 Å². The van der Waals surface area contributed by atoms with Crippen LogP contribution in [0.1, 0.15) is 11.1 Å². The van der Waals surface area contributed by atoms with E-state index in [1.54, 1.807) is 12.1 Å². The molecule has 2 N–H and O–H groups in total. The number of para-hydroxylation sites is 1. The van der Waals surface area contributed by atoms with Gasteiger partial charge in [-0.2, -0.15) is 0 Å². The Kier molecular flexibility index (Phi) is 3.66. The van der Waals surface area contributed by atoms with Gasteiger partial charge in [-0.15, -0.1) is 0 Å². The topological polar surface area (TPSA) is 67.2 Å². The van der Waals surface area contributed by atoms with Crippen molar-refractivity contribution >= 4 is 28.7 Å². The average molecular weight is 304 g/mol. The van der Waals surface area contributed by atoms with Gasteiger partial charge in [0.15, 0.2) is 0 Å². The number of nitro benzene ring substituents is 1. The van der Waals surface area contributed by atoms with Crippen LogP contribution in [0.2, 0.25) is 5.02 Å². The number of nitrogens with zero attached hydrogens (tertiary/aromatic N) is 1. The average Bonchev–Trinajstić information content (AvgIpc) is 2.94. The van der Waals surface area contributed by atoms with Crippen molar-refractivity contribution in [3.63, 3.8) is 0 Å². The van der Waals surface area contributed by atoms with E-state index in [-0.39, 0.29) is 5.69 Å². The normalized spacial score (nSPS) is 12.6. The van der Waals surface area contributed by atoms with Crippen LogP contribution in [-0.4, -0.2) is 11.5 Å². The van der Waals surface area contributed by atoms with Gasteiger partial charge in [0.1, 0.15) is 5.69 Å². The lowest BCUT2D eigenvalue weighted by Crippen LogP contribution is -2.05. The zero-order valence-electron chi connectivity index (χ0n) is 11.2. The van der Waals surface area contributed by atoms with Gasteiger partial charge in [-0.25, -0.2) is 0 Å². The van der Waals surface area contributed by atoms with E-state index in [1.165, 1.54) is 11.6 Å². The van der Waals surface area contributed by atoms with E-state index in [0.717, 1.165) is 24.2 Å². The molecule has 6 heteroatoms. The first kappa shape index (κ1) is 13.7. The summed E-state index contributed by atoms with van der Waals surface area (Å²) < 4.78 is 0. The summed E-state index contributed by atoms with van der Waals surface area (Å²) in [7, 11) is 0. The highest BCUT2D eigenvalue weighted by Crippen LogP contribution is 2.30. The number of hydrogen-bond donors (Lipinski definition) is 2. The molecule has 108 valence electrons. The van der Waals surface area contributed by atoms with Gasteiger partial charge in [0.05, 0.1) is 4.92 Å². The molecule has 2 aromatic carbocycles. The van der Waals surface area contributed by atoms with Crippen molar-refractivity contribution in [1.82, 2.24) is 0 Å². The van der Waals surface area contributed by atoms with Crippen LogP contribution >= 0.6 is 11.6 Å². The standard InChI is InChI=1S/C15H14ClN3O2/c16-12-4-5-13(14(8-12)19(20)21)18-9-11-3-1-2-10-6-7-17-15(10)11/h1-5,8,17-18H,6-7,9H2. The molecule has 0 radical (unpaired) electrons. The van der Waals surface area contributed by atoms with E-state index in [9.17, 15) is 10.1 Å². The molecule has 3 rings (SSSR count). The highest BCUT2D eigenvalue weighted by atomic mass is 35.5. The van der Waals surface area contributed by atoms with E-state index >= 15 is 0 Å². The zero-order valence-corrected chi connectivity index (χ0v) is 12.0. The lowest BCUT2D eigenvalue weighted by atomic mass is 10.1. The van der Waals surface area contributed by atoms with Gasteiger partial charge in [-0.3, -0.25) is 10.1 Å². The van der Waals surface area contributed by atoms with Gasteiger partial charge in [-0.1, -0.05) is 29.8 Å². The second-order valence-corrected chi connectivity index (χ2v) is 5.34. The zero-order chi connectivity index (χ0) is 14.8. The molecular formula is C15H14ClN3O2. The Morgan fingerprint density at radius 2 is 2.19 bits per heavy atom. The highest BCUT2D eigenvalue weighted by Gasteiger charge is 2.16. The van der Waals surface area contributed by atoms with Gasteiger partial charge in [0, 0.05) is 29.9 Å². The quantitative estimate of drug-likeness (QED) is 0.665. The summed E-state index contributed by atoms with van der Waals surface area (Å²) in [4.78, 5) is 10.6. The van der Waals surface area contributed by atoms with E-state index in [4.69, 9.17) is 11.6 Å². The molecule has 0 aliphatic carbocycles. The minimum atomic E-state index is -0.429. The predicted octanol–water partition coefficient (Wildman–Crippen LogP) is 3.83. The molecule has 2 aromatic rings. The van der Waals surface area contributed by atoms with Crippen molar-refractivity contribution < 1.29 is 4.92 Å². The molecule has 21 heavy (non-hydrogen) atoms. The Hall–Kier alpha value is -2.27. The number of hydrogen-bond acceptors (Lipinski definition) is 4. The molecule has 0 saturated carbocycles. The summed E-state index contributed by atoms with van der Waals surface area (Å²) in [6.07, 6.45) is 1.02. The van der Waals surface area contributed by atoms with Gasteiger partial charge in [-0.05, 0) is 29.7 Å². The van der Waals surface area contributed by atoms with Crippen LogP contribution in [0, 0.1) is 10.1 Å². The molecule has 0 amide bonds. The summed E-state index contributed by atoms with van der Waals surface area (Å²) in [5, 5.41) is 17.9. The molecule has 0 aromatic heterocycles. The minimum absolute atomic E-state index is 0.0111. The van der Waals surface area contributed by atoms with E-state index < -0.39 is 4.92 Å². The first-order valence-corrected chi connectivity index (χ1v) is 7.05. The molecule has 1 aliphatic heterocycles. The fourth-order valence-corrected chi connectivity index (χ4v) is 2.72. The predicted molar refractivity (Wildman–Crippen MR) is 84.1 cm³/mol. The maximum absolute atomic E-state index is 11.1. The Morgan fingerprint density at radius 3 is 3.00 bits per heavy atom. The van der Waals surface area contributed by atoms with Crippen LogP contribution < -0.4 is 10.6 Å². The molecule has 1 heterocycles. The summed E-state index contributed by atoms with van der Waals surface area (Å²) >= 11 is 5.81. The van der Waals surface area contributed by atoms with Gasteiger partial charge in [0.2, 0.25) is 0 Å². The lowest BCUT2D eigenvalue weighted by Gasteiger charge is -2.11. The molecule has 0 bridgehead atoms. The molecule has 0 atom stereocenters. The van der Waals surface area contributed by atoms with Crippen molar-refractivity contribution in [3.8, 4) is 0 Å². The fraction of sp³-hybridized carbons (Fsp3) is 0.200. The van der Waals surface area contributed by atoms with Gasteiger partial charge >= 0.3 is 0 Å². The van der Waals surface area contributed by atoms with Gasteiger partial charge in [0.25, 0.3) is 5.69 Å². The van der Waals surface area contributed by atoms with Crippen LogP contribution in [0.25, 0.3) is 0 Å². The third-order valence-electron chi connectivity index (χ3n) is 3.56.